The molecular formula is C15H18N4S. The van der Waals surface area contributed by atoms with Gasteiger partial charge in [-0.1, -0.05) is 32.0 Å². The van der Waals surface area contributed by atoms with Gasteiger partial charge in [0.05, 0.1) is 23.3 Å². The molecule has 0 fully saturated rings. The summed E-state index contributed by atoms with van der Waals surface area (Å²) in [4.78, 5) is 5.35. The fourth-order valence-electron chi connectivity index (χ4n) is 2.22. The topological polar surface area (TPSA) is 42.7 Å². The van der Waals surface area contributed by atoms with Gasteiger partial charge in [0.15, 0.2) is 0 Å². The van der Waals surface area contributed by atoms with Crippen molar-refractivity contribution in [3.63, 3.8) is 0 Å². The zero-order chi connectivity index (χ0) is 13.9. The summed E-state index contributed by atoms with van der Waals surface area (Å²) in [6.07, 6.45) is 1.91. The van der Waals surface area contributed by atoms with E-state index in [4.69, 9.17) is 5.10 Å². The van der Waals surface area contributed by atoms with Crippen molar-refractivity contribution >= 4 is 22.2 Å². The van der Waals surface area contributed by atoms with E-state index < -0.39 is 0 Å². The van der Waals surface area contributed by atoms with Crippen molar-refractivity contribution < 1.29 is 0 Å². The molecule has 0 aliphatic rings. The molecule has 1 N–H and O–H groups in total. The van der Waals surface area contributed by atoms with Gasteiger partial charge in [0.1, 0.15) is 0 Å². The minimum atomic E-state index is 0.459. The number of nitrogens with one attached hydrogen (secondary N) is 1. The Balaban J connectivity index is 1.95. The number of nitrogens with zero attached hydrogens (tertiary/aromatic N) is 3. The third-order valence-corrected chi connectivity index (χ3v) is 3.97. The summed E-state index contributed by atoms with van der Waals surface area (Å²) in [5.41, 5.74) is 4.16. The monoisotopic (exact) mass is 286 g/mol. The molecule has 0 saturated carbocycles. The van der Waals surface area contributed by atoms with Gasteiger partial charge in [0.25, 0.3) is 0 Å². The molecule has 0 spiro atoms. The maximum absolute atomic E-state index is 4.77. The van der Waals surface area contributed by atoms with Gasteiger partial charge in [-0.15, -0.1) is 11.3 Å². The van der Waals surface area contributed by atoms with Gasteiger partial charge in [0.2, 0.25) is 0 Å². The number of fused-ring (bicyclic) bond motifs is 1. The quantitative estimate of drug-likeness (QED) is 0.784. The summed E-state index contributed by atoms with van der Waals surface area (Å²) in [6.45, 7) is 5.88. The second-order valence-corrected chi connectivity index (χ2v) is 6.10. The molecule has 0 aliphatic heterocycles. The van der Waals surface area contributed by atoms with Gasteiger partial charge in [-0.25, -0.2) is 0 Å². The average Bonchev–Trinajstić information content (AvgIpc) is 3.06. The molecule has 0 bridgehead atoms. The van der Waals surface area contributed by atoms with Crippen molar-refractivity contribution in [3.8, 4) is 0 Å². The zero-order valence-corrected chi connectivity index (χ0v) is 12.5. The first kappa shape index (κ1) is 13.3. The number of aromatic nitrogens is 3. The molecule has 3 rings (SSSR count). The van der Waals surface area contributed by atoms with Crippen LogP contribution < -0.4 is 5.32 Å². The SMILES string of the molecule is CC(C)NCc1nn(Cc2cncs2)c2ccccc12. The van der Waals surface area contributed by atoms with Crippen LogP contribution in [0.15, 0.2) is 36.0 Å². The van der Waals surface area contributed by atoms with Crippen LogP contribution in [0.2, 0.25) is 0 Å². The van der Waals surface area contributed by atoms with Crippen LogP contribution in [0.5, 0.6) is 0 Å². The molecule has 0 unspecified atom stereocenters. The van der Waals surface area contributed by atoms with Crippen LogP contribution in [-0.2, 0) is 13.1 Å². The minimum Gasteiger partial charge on any atom is -0.309 e. The summed E-state index contributed by atoms with van der Waals surface area (Å²) in [5, 5.41) is 9.44. The molecule has 1 aromatic carbocycles. The van der Waals surface area contributed by atoms with Crippen LogP contribution in [0.3, 0.4) is 0 Å². The average molecular weight is 286 g/mol. The van der Waals surface area contributed by atoms with Crippen LogP contribution in [0.25, 0.3) is 10.9 Å². The molecule has 3 aromatic rings. The van der Waals surface area contributed by atoms with Crippen molar-refractivity contribution in [1.82, 2.24) is 20.1 Å². The van der Waals surface area contributed by atoms with Crippen molar-refractivity contribution in [2.24, 2.45) is 0 Å². The number of hydrogen-bond donors (Lipinski definition) is 1. The summed E-state index contributed by atoms with van der Waals surface area (Å²) in [6, 6.07) is 8.86. The van der Waals surface area contributed by atoms with E-state index >= 15 is 0 Å². The van der Waals surface area contributed by atoms with Crippen molar-refractivity contribution in [2.75, 3.05) is 0 Å². The van der Waals surface area contributed by atoms with Gasteiger partial charge < -0.3 is 5.32 Å². The number of thiazole rings is 1. The second kappa shape index (κ2) is 5.73. The maximum atomic E-state index is 4.77. The van der Waals surface area contributed by atoms with Gasteiger partial charge in [-0.3, -0.25) is 9.67 Å². The van der Waals surface area contributed by atoms with Crippen LogP contribution in [0, 0.1) is 0 Å². The molecule has 0 atom stereocenters. The first-order chi connectivity index (χ1) is 9.74. The molecule has 0 amide bonds. The smallest absolute Gasteiger partial charge is 0.0841 e. The Hall–Kier alpha value is -1.72. The highest BCUT2D eigenvalue weighted by Crippen LogP contribution is 2.20. The van der Waals surface area contributed by atoms with E-state index in [9.17, 15) is 0 Å². The number of hydrogen-bond acceptors (Lipinski definition) is 4. The van der Waals surface area contributed by atoms with Crippen molar-refractivity contribution in [3.05, 3.63) is 46.5 Å². The Morgan fingerprint density at radius 1 is 1.30 bits per heavy atom. The summed E-state index contributed by atoms with van der Waals surface area (Å²) in [5.74, 6) is 0. The molecule has 5 heteroatoms. The molecule has 0 saturated heterocycles. The van der Waals surface area contributed by atoms with E-state index in [0.29, 0.717) is 6.04 Å². The van der Waals surface area contributed by atoms with Crippen LogP contribution in [0.4, 0.5) is 0 Å². The number of rotatable bonds is 5. The normalized spacial score (nSPS) is 11.6. The molecule has 0 radical (unpaired) electrons. The minimum absolute atomic E-state index is 0.459. The van der Waals surface area contributed by atoms with E-state index in [0.717, 1.165) is 18.8 Å². The Kier molecular flexibility index (Phi) is 3.80. The van der Waals surface area contributed by atoms with Gasteiger partial charge in [-0.2, -0.15) is 5.10 Å². The first-order valence-corrected chi connectivity index (χ1v) is 7.67. The third kappa shape index (κ3) is 2.73. The highest BCUT2D eigenvalue weighted by Gasteiger charge is 2.10. The largest absolute Gasteiger partial charge is 0.309 e. The summed E-state index contributed by atoms with van der Waals surface area (Å²) in [7, 11) is 0. The lowest BCUT2D eigenvalue weighted by atomic mass is 10.2. The summed E-state index contributed by atoms with van der Waals surface area (Å²) < 4.78 is 2.07. The Labute approximate surface area is 122 Å². The molecule has 4 nitrogen and oxygen atoms in total. The van der Waals surface area contributed by atoms with Crippen LogP contribution in [-0.4, -0.2) is 20.8 Å². The second-order valence-electron chi connectivity index (χ2n) is 5.12. The predicted molar refractivity (Wildman–Crippen MR) is 82.9 cm³/mol. The van der Waals surface area contributed by atoms with E-state index in [2.05, 4.69) is 53.1 Å². The van der Waals surface area contributed by atoms with Crippen molar-refractivity contribution in [2.45, 2.75) is 33.0 Å². The lowest BCUT2D eigenvalue weighted by molar-refractivity contribution is 0.573. The van der Waals surface area contributed by atoms with Crippen LogP contribution in [0.1, 0.15) is 24.4 Å². The molecule has 104 valence electrons. The van der Waals surface area contributed by atoms with Crippen molar-refractivity contribution in [1.29, 1.82) is 0 Å². The predicted octanol–water partition coefficient (Wildman–Crippen LogP) is 3.04. The molecule has 2 heterocycles. The lowest BCUT2D eigenvalue weighted by Gasteiger charge is -2.05. The Morgan fingerprint density at radius 3 is 2.90 bits per heavy atom. The molecular weight excluding hydrogens is 268 g/mol. The van der Waals surface area contributed by atoms with E-state index in [-0.39, 0.29) is 0 Å². The maximum Gasteiger partial charge on any atom is 0.0841 e. The van der Waals surface area contributed by atoms with E-state index in [1.54, 1.807) is 11.3 Å². The van der Waals surface area contributed by atoms with E-state index in [1.807, 2.05) is 11.7 Å². The zero-order valence-electron chi connectivity index (χ0n) is 11.7. The molecule has 0 aliphatic carbocycles. The first-order valence-electron chi connectivity index (χ1n) is 6.79. The van der Waals surface area contributed by atoms with Crippen LogP contribution >= 0.6 is 11.3 Å². The Morgan fingerprint density at radius 2 is 2.15 bits per heavy atom. The number of para-hydroxylation sites is 1. The lowest BCUT2D eigenvalue weighted by Crippen LogP contribution is -2.22. The number of benzene rings is 1. The third-order valence-electron chi connectivity index (χ3n) is 3.20. The molecule has 2 aromatic heterocycles. The van der Waals surface area contributed by atoms with Gasteiger partial charge >= 0.3 is 0 Å². The highest BCUT2D eigenvalue weighted by atomic mass is 32.1. The standard InChI is InChI=1S/C15H18N4S/c1-11(2)17-8-14-13-5-3-4-6-15(13)19(18-14)9-12-7-16-10-20-12/h3-7,10-11,17H,8-9H2,1-2H3. The van der Waals surface area contributed by atoms with Gasteiger partial charge in [-0.05, 0) is 6.07 Å². The van der Waals surface area contributed by atoms with E-state index in [1.165, 1.54) is 15.8 Å². The Bertz CT molecular complexity index is 685. The fourth-order valence-corrected chi connectivity index (χ4v) is 2.79. The molecule has 20 heavy (non-hydrogen) atoms. The summed E-state index contributed by atoms with van der Waals surface area (Å²) >= 11 is 1.67. The fraction of sp³-hybridized carbons (Fsp3) is 0.333. The highest BCUT2D eigenvalue weighted by molar-refractivity contribution is 7.09. The van der Waals surface area contributed by atoms with Gasteiger partial charge in [0, 0.05) is 29.0 Å².